The van der Waals surface area contributed by atoms with Crippen LogP contribution in [0.25, 0.3) is 0 Å². The highest BCUT2D eigenvalue weighted by molar-refractivity contribution is 8.01. The maximum absolute atomic E-state index is 11.1. The summed E-state index contributed by atoms with van der Waals surface area (Å²) in [4.78, 5) is 21.4. The second kappa shape index (κ2) is 6.23. The van der Waals surface area contributed by atoms with Crippen molar-refractivity contribution in [3.05, 3.63) is 12.2 Å². The molecule has 0 radical (unpaired) electrons. The molecule has 1 aromatic rings. The molecule has 0 aliphatic carbocycles. The molecule has 0 aliphatic heterocycles. The van der Waals surface area contributed by atoms with E-state index in [1.165, 1.54) is 6.08 Å². The summed E-state index contributed by atoms with van der Waals surface area (Å²) in [6.07, 6.45) is 2.97. The number of thioether (sulfide) groups is 1. The van der Waals surface area contributed by atoms with E-state index in [0.717, 1.165) is 23.1 Å². The second-order valence-electron chi connectivity index (χ2n) is 2.54. The van der Waals surface area contributed by atoms with Crippen molar-refractivity contribution in [1.29, 1.82) is 0 Å². The zero-order valence-corrected chi connectivity index (χ0v) is 9.97. The standard InChI is InChI=1S/C8H9N3O3S2/c1-2-3-5(12)9-7-10-11-8(16-7)15-4-6(13)14/h2-3H,4H2,1H3,(H,13,14)(H,9,10,12). The third-order valence-corrected chi connectivity index (χ3v) is 3.23. The maximum atomic E-state index is 11.1. The Balaban J connectivity index is 2.51. The van der Waals surface area contributed by atoms with Crippen LogP contribution in [0.1, 0.15) is 6.92 Å². The van der Waals surface area contributed by atoms with Gasteiger partial charge in [-0.05, 0) is 13.0 Å². The Kier molecular flexibility index (Phi) is 4.93. The topological polar surface area (TPSA) is 92.2 Å². The molecular formula is C8H9N3O3S2. The van der Waals surface area contributed by atoms with E-state index in [4.69, 9.17) is 5.11 Å². The molecule has 0 aromatic carbocycles. The Morgan fingerprint density at radius 1 is 1.56 bits per heavy atom. The Bertz CT molecular complexity index is 416. The monoisotopic (exact) mass is 259 g/mol. The fourth-order valence-electron chi connectivity index (χ4n) is 0.741. The predicted octanol–water partition coefficient (Wildman–Crippen LogP) is 1.23. The van der Waals surface area contributed by atoms with Gasteiger partial charge in [0.2, 0.25) is 11.0 Å². The lowest BCUT2D eigenvalue weighted by molar-refractivity contribution is -0.133. The number of anilines is 1. The van der Waals surface area contributed by atoms with Crippen LogP contribution in [0.5, 0.6) is 0 Å². The zero-order chi connectivity index (χ0) is 12.0. The van der Waals surface area contributed by atoms with Crippen LogP contribution >= 0.6 is 23.1 Å². The number of carbonyl (C=O) groups is 2. The van der Waals surface area contributed by atoms with E-state index >= 15 is 0 Å². The minimum Gasteiger partial charge on any atom is -0.481 e. The third-order valence-electron chi connectivity index (χ3n) is 1.27. The van der Waals surface area contributed by atoms with Crippen molar-refractivity contribution in [3.8, 4) is 0 Å². The number of carboxylic acid groups (broad SMARTS) is 1. The van der Waals surface area contributed by atoms with E-state index in [1.54, 1.807) is 13.0 Å². The molecule has 0 aliphatic rings. The SMILES string of the molecule is CC=CC(=O)Nc1nnc(SCC(=O)O)s1. The summed E-state index contributed by atoms with van der Waals surface area (Å²) in [7, 11) is 0. The molecule has 16 heavy (non-hydrogen) atoms. The van der Waals surface area contributed by atoms with Crippen molar-refractivity contribution in [3.63, 3.8) is 0 Å². The van der Waals surface area contributed by atoms with E-state index in [0.29, 0.717) is 9.47 Å². The largest absolute Gasteiger partial charge is 0.481 e. The zero-order valence-electron chi connectivity index (χ0n) is 8.34. The minimum absolute atomic E-state index is 0.0720. The quantitative estimate of drug-likeness (QED) is 0.469. The Morgan fingerprint density at radius 2 is 2.31 bits per heavy atom. The molecule has 0 saturated heterocycles. The maximum Gasteiger partial charge on any atom is 0.313 e. The van der Waals surface area contributed by atoms with E-state index in [1.807, 2.05) is 0 Å². The van der Waals surface area contributed by atoms with Gasteiger partial charge in [0.15, 0.2) is 4.34 Å². The Labute approximate surface area is 99.8 Å². The van der Waals surface area contributed by atoms with Crippen LogP contribution in [0, 0.1) is 0 Å². The van der Waals surface area contributed by atoms with Gasteiger partial charge in [0.05, 0.1) is 5.75 Å². The van der Waals surface area contributed by atoms with E-state index in [2.05, 4.69) is 15.5 Å². The van der Waals surface area contributed by atoms with Crippen LogP contribution in [-0.2, 0) is 9.59 Å². The number of aliphatic carboxylic acids is 1. The summed E-state index contributed by atoms with van der Waals surface area (Å²) in [6.45, 7) is 1.73. The summed E-state index contributed by atoms with van der Waals surface area (Å²) in [6, 6.07) is 0. The highest BCUT2D eigenvalue weighted by atomic mass is 32.2. The summed E-state index contributed by atoms with van der Waals surface area (Å²) < 4.78 is 0.512. The van der Waals surface area contributed by atoms with Crippen LogP contribution in [0.3, 0.4) is 0 Å². The second-order valence-corrected chi connectivity index (χ2v) is 4.74. The van der Waals surface area contributed by atoms with Gasteiger partial charge >= 0.3 is 5.97 Å². The summed E-state index contributed by atoms with van der Waals surface area (Å²) in [5.41, 5.74) is 0. The highest BCUT2D eigenvalue weighted by Gasteiger charge is 2.08. The lowest BCUT2D eigenvalue weighted by Crippen LogP contribution is -2.07. The van der Waals surface area contributed by atoms with Crippen molar-refractivity contribution in [1.82, 2.24) is 10.2 Å². The average Bonchev–Trinajstić information content (AvgIpc) is 2.63. The van der Waals surface area contributed by atoms with Gasteiger partial charge in [-0.15, -0.1) is 10.2 Å². The molecular weight excluding hydrogens is 250 g/mol. The van der Waals surface area contributed by atoms with E-state index in [9.17, 15) is 9.59 Å². The average molecular weight is 259 g/mol. The van der Waals surface area contributed by atoms with Gasteiger partial charge in [-0.25, -0.2) is 0 Å². The molecule has 1 rings (SSSR count). The summed E-state index contributed by atoms with van der Waals surface area (Å²) in [5, 5.41) is 18.8. The van der Waals surface area contributed by atoms with E-state index in [-0.39, 0.29) is 11.7 Å². The molecule has 1 amide bonds. The number of rotatable bonds is 5. The van der Waals surface area contributed by atoms with Crippen molar-refractivity contribution >= 4 is 40.1 Å². The van der Waals surface area contributed by atoms with Crippen molar-refractivity contribution in [2.45, 2.75) is 11.3 Å². The van der Waals surface area contributed by atoms with Gasteiger partial charge in [-0.3, -0.25) is 14.9 Å². The lowest BCUT2D eigenvalue weighted by Gasteiger charge is -1.92. The van der Waals surface area contributed by atoms with Crippen LogP contribution in [0.15, 0.2) is 16.5 Å². The Morgan fingerprint density at radius 3 is 2.94 bits per heavy atom. The fourth-order valence-corrected chi connectivity index (χ4v) is 2.22. The van der Waals surface area contributed by atoms with Gasteiger partial charge in [-0.2, -0.15) is 0 Å². The van der Waals surface area contributed by atoms with Crippen LogP contribution in [-0.4, -0.2) is 32.9 Å². The molecule has 8 heteroatoms. The molecule has 1 heterocycles. The molecule has 0 unspecified atom stereocenters. The van der Waals surface area contributed by atoms with Crippen molar-refractivity contribution < 1.29 is 14.7 Å². The number of nitrogens with one attached hydrogen (secondary N) is 1. The van der Waals surface area contributed by atoms with Crippen molar-refractivity contribution in [2.75, 3.05) is 11.1 Å². The number of amides is 1. The smallest absolute Gasteiger partial charge is 0.313 e. The first-order valence-corrected chi connectivity index (χ1v) is 6.04. The summed E-state index contributed by atoms with van der Waals surface area (Å²) >= 11 is 2.21. The van der Waals surface area contributed by atoms with Gasteiger partial charge in [-0.1, -0.05) is 29.2 Å². The summed E-state index contributed by atoms with van der Waals surface area (Å²) in [5.74, 6) is -1.27. The number of nitrogens with zero attached hydrogens (tertiary/aromatic N) is 2. The van der Waals surface area contributed by atoms with Gasteiger partial charge < -0.3 is 5.11 Å². The number of carbonyl (C=O) groups excluding carboxylic acids is 1. The molecule has 0 saturated carbocycles. The molecule has 0 spiro atoms. The van der Waals surface area contributed by atoms with Gasteiger partial charge in [0.1, 0.15) is 0 Å². The molecule has 0 fully saturated rings. The number of aromatic nitrogens is 2. The first-order valence-electron chi connectivity index (χ1n) is 4.23. The first-order chi connectivity index (χ1) is 7.61. The van der Waals surface area contributed by atoms with E-state index < -0.39 is 5.97 Å². The lowest BCUT2D eigenvalue weighted by atomic mass is 10.5. The normalized spacial score (nSPS) is 10.6. The first kappa shape index (κ1) is 12.7. The molecule has 2 N–H and O–H groups in total. The number of allylic oxidation sites excluding steroid dienone is 1. The molecule has 1 aromatic heterocycles. The third kappa shape index (κ3) is 4.41. The predicted molar refractivity (Wildman–Crippen MR) is 61.7 cm³/mol. The Hall–Kier alpha value is -1.41. The fraction of sp³-hybridized carbons (Fsp3) is 0.250. The van der Waals surface area contributed by atoms with Crippen LogP contribution in [0.2, 0.25) is 0 Å². The highest BCUT2D eigenvalue weighted by Crippen LogP contribution is 2.25. The van der Waals surface area contributed by atoms with Gasteiger partial charge in [0, 0.05) is 0 Å². The number of hydrogen-bond acceptors (Lipinski definition) is 6. The van der Waals surface area contributed by atoms with Gasteiger partial charge in [0.25, 0.3) is 0 Å². The minimum atomic E-state index is -0.917. The van der Waals surface area contributed by atoms with Crippen molar-refractivity contribution in [2.24, 2.45) is 0 Å². The molecule has 0 atom stereocenters. The van der Waals surface area contributed by atoms with Crippen LogP contribution < -0.4 is 5.32 Å². The number of hydrogen-bond donors (Lipinski definition) is 2. The molecule has 6 nitrogen and oxygen atoms in total. The number of carboxylic acids is 1. The van der Waals surface area contributed by atoms with Crippen LogP contribution in [0.4, 0.5) is 5.13 Å². The molecule has 86 valence electrons. The molecule has 0 bridgehead atoms.